The van der Waals surface area contributed by atoms with Gasteiger partial charge in [-0.15, -0.1) is 0 Å². The quantitative estimate of drug-likeness (QED) is 0.869. The van der Waals surface area contributed by atoms with Crippen molar-refractivity contribution in [2.45, 2.75) is 25.7 Å². The molecule has 2 aromatic rings. The van der Waals surface area contributed by atoms with Gasteiger partial charge in [0.15, 0.2) is 0 Å². The van der Waals surface area contributed by atoms with Crippen LogP contribution in [0, 0.1) is 5.41 Å². The zero-order chi connectivity index (χ0) is 12.8. The zero-order valence-electron chi connectivity index (χ0n) is 10.8. The predicted molar refractivity (Wildman–Crippen MR) is 71.2 cm³/mol. The van der Waals surface area contributed by atoms with Crippen LogP contribution < -0.4 is 0 Å². The highest BCUT2D eigenvalue weighted by Crippen LogP contribution is 2.63. The van der Waals surface area contributed by atoms with Crippen molar-refractivity contribution in [3.63, 3.8) is 0 Å². The molecule has 0 saturated heterocycles. The molecule has 3 nitrogen and oxygen atoms in total. The van der Waals surface area contributed by atoms with Crippen molar-refractivity contribution in [1.82, 2.24) is 10.2 Å². The van der Waals surface area contributed by atoms with Gasteiger partial charge >= 0.3 is 0 Å². The summed E-state index contributed by atoms with van der Waals surface area (Å²) in [6.07, 6.45) is 1.01. The van der Waals surface area contributed by atoms with E-state index in [0.29, 0.717) is 0 Å². The largest absolute Gasteiger partial charge is 0.395 e. The highest BCUT2D eigenvalue weighted by molar-refractivity contribution is 5.60. The van der Waals surface area contributed by atoms with E-state index < -0.39 is 0 Å². The molecule has 2 N–H and O–H groups in total. The van der Waals surface area contributed by atoms with Crippen molar-refractivity contribution in [1.29, 1.82) is 0 Å². The molecule has 1 unspecified atom stereocenters. The molecule has 0 amide bonds. The average molecular weight is 242 g/mol. The Kier molecular flexibility index (Phi) is 2.35. The molecule has 0 bridgehead atoms. The molecule has 1 aromatic heterocycles. The van der Waals surface area contributed by atoms with Crippen LogP contribution in [-0.4, -0.2) is 21.9 Å². The van der Waals surface area contributed by atoms with Gasteiger partial charge in [-0.1, -0.05) is 44.2 Å². The average Bonchev–Trinajstić information content (AvgIpc) is 2.78. The first kappa shape index (κ1) is 11.5. The van der Waals surface area contributed by atoms with Crippen molar-refractivity contribution in [3.05, 3.63) is 42.1 Å². The smallest absolute Gasteiger partial charge is 0.0923 e. The highest BCUT2D eigenvalue weighted by atomic mass is 16.3. The Morgan fingerprint density at radius 3 is 2.50 bits per heavy atom. The number of nitrogens with one attached hydrogen (secondary N) is 1. The molecular weight excluding hydrogens is 224 g/mol. The fourth-order valence-electron chi connectivity index (χ4n) is 2.85. The Morgan fingerprint density at radius 2 is 1.94 bits per heavy atom. The van der Waals surface area contributed by atoms with Gasteiger partial charge in [-0.05, 0) is 17.9 Å². The van der Waals surface area contributed by atoms with E-state index in [0.717, 1.165) is 23.4 Å². The van der Waals surface area contributed by atoms with E-state index in [1.807, 2.05) is 30.3 Å². The van der Waals surface area contributed by atoms with E-state index in [9.17, 15) is 5.11 Å². The lowest BCUT2D eigenvalue weighted by molar-refractivity contribution is 0.228. The van der Waals surface area contributed by atoms with Crippen molar-refractivity contribution < 1.29 is 5.11 Å². The van der Waals surface area contributed by atoms with Crippen LogP contribution in [0.1, 0.15) is 26.0 Å². The Hall–Kier alpha value is -1.61. The third kappa shape index (κ3) is 1.51. The number of aromatic nitrogens is 2. The number of H-pyrrole nitrogens is 1. The van der Waals surface area contributed by atoms with E-state index in [1.54, 1.807) is 0 Å². The van der Waals surface area contributed by atoms with Crippen LogP contribution in [0.15, 0.2) is 36.4 Å². The topological polar surface area (TPSA) is 48.9 Å². The number of aromatic amines is 1. The molecule has 1 aliphatic rings. The second-order valence-electron chi connectivity index (χ2n) is 5.83. The third-order valence-electron chi connectivity index (χ3n) is 4.35. The molecule has 1 aromatic carbocycles. The fraction of sp³-hybridized carbons (Fsp3) is 0.400. The van der Waals surface area contributed by atoms with E-state index in [4.69, 9.17) is 0 Å². The first-order valence-corrected chi connectivity index (χ1v) is 6.31. The van der Waals surface area contributed by atoms with Gasteiger partial charge in [-0.2, -0.15) is 5.10 Å². The Morgan fingerprint density at radius 1 is 1.28 bits per heavy atom. The molecule has 1 fully saturated rings. The molecule has 1 heterocycles. The molecule has 94 valence electrons. The number of hydrogen-bond donors (Lipinski definition) is 2. The summed E-state index contributed by atoms with van der Waals surface area (Å²) in [7, 11) is 0. The Labute approximate surface area is 107 Å². The minimum atomic E-state index is -0.132. The van der Waals surface area contributed by atoms with Gasteiger partial charge in [0.2, 0.25) is 0 Å². The van der Waals surface area contributed by atoms with Crippen LogP contribution in [-0.2, 0) is 5.41 Å². The van der Waals surface area contributed by atoms with Crippen molar-refractivity contribution in [2.24, 2.45) is 5.41 Å². The molecule has 0 aliphatic heterocycles. The van der Waals surface area contributed by atoms with Crippen LogP contribution in [0.4, 0.5) is 0 Å². The maximum absolute atomic E-state index is 9.68. The zero-order valence-corrected chi connectivity index (χ0v) is 10.8. The summed E-state index contributed by atoms with van der Waals surface area (Å²) in [4.78, 5) is 0. The normalized spacial score (nSPS) is 25.1. The number of aliphatic hydroxyl groups is 1. The molecule has 18 heavy (non-hydrogen) atoms. The lowest BCUT2D eigenvalue weighted by atomic mass is 9.93. The van der Waals surface area contributed by atoms with Gasteiger partial charge in [-0.25, -0.2) is 0 Å². The van der Waals surface area contributed by atoms with E-state index >= 15 is 0 Å². The summed E-state index contributed by atoms with van der Waals surface area (Å²) in [5, 5.41) is 17.2. The first-order valence-electron chi connectivity index (χ1n) is 6.31. The van der Waals surface area contributed by atoms with Crippen molar-refractivity contribution in [3.8, 4) is 11.3 Å². The summed E-state index contributed by atoms with van der Waals surface area (Å²) >= 11 is 0. The first-order chi connectivity index (χ1) is 8.59. The molecule has 0 radical (unpaired) electrons. The van der Waals surface area contributed by atoms with Gasteiger partial charge in [0.05, 0.1) is 12.3 Å². The van der Waals surface area contributed by atoms with E-state index in [-0.39, 0.29) is 17.4 Å². The Bertz CT molecular complexity index is 559. The summed E-state index contributed by atoms with van der Waals surface area (Å²) in [6, 6.07) is 12.2. The SMILES string of the molecule is CC1(C)CC1(CO)c1cc(-c2ccccc2)n[nH]1. The molecular formula is C15H18N2O. The van der Waals surface area contributed by atoms with Gasteiger partial charge in [0.25, 0.3) is 0 Å². The minimum Gasteiger partial charge on any atom is -0.395 e. The standard InChI is InChI=1S/C15H18N2O/c1-14(2)9-15(14,10-18)13-8-12(16-17-13)11-6-4-3-5-7-11/h3-8,18H,9-10H2,1-2H3,(H,16,17). The molecule has 1 saturated carbocycles. The molecule has 0 spiro atoms. The fourth-order valence-corrected chi connectivity index (χ4v) is 2.85. The van der Waals surface area contributed by atoms with Gasteiger partial charge in [-0.3, -0.25) is 5.10 Å². The minimum absolute atomic E-state index is 0.132. The number of hydrogen-bond acceptors (Lipinski definition) is 2. The maximum Gasteiger partial charge on any atom is 0.0923 e. The highest BCUT2D eigenvalue weighted by Gasteiger charge is 2.62. The summed E-state index contributed by atoms with van der Waals surface area (Å²) < 4.78 is 0. The molecule has 3 rings (SSSR count). The van der Waals surface area contributed by atoms with Gasteiger partial charge in [0.1, 0.15) is 0 Å². The lowest BCUT2D eigenvalue weighted by Gasteiger charge is -2.15. The van der Waals surface area contributed by atoms with Crippen LogP contribution in [0.2, 0.25) is 0 Å². The predicted octanol–water partition coefficient (Wildman–Crippen LogP) is 2.74. The van der Waals surface area contributed by atoms with Crippen molar-refractivity contribution >= 4 is 0 Å². The third-order valence-corrected chi connectivity index (χ3v) is 4.35. The van der Waals surface area contributed by atoms with Gasteiger partial charge in [0, 0.05) is 16.7 Å². The number of rotatable bonds is 3. The number of benzene rings is 1. The van der Waals surface area contributed by atoms with E-state index in [1.165, 1.54) is 0 Å². The van der Waals surface area contributed by atoms with Crippen LogP contribution >= 0.6 is 0 Å². The lowest BCUT2D eigenvalue weighted by Crippen LogP contribution is -2.19. The second-order valence-corrected chi connectivity index (χ2v) is 5.83. The Balaban J connectivity index is 1.96. The van der Waals surface area contributed by atoms with Crippen LogP contribution in [0.5, 0.6) is 0 Å². The number of aliphatic hydroxyl groups excluding tert-OH is 1. The maximum atomic E-state index is 9.68. The summed E-state index contributed by atoms with van der Waals surface area (Å²) in [5.41, 5.74) is 3.12. The second kappa shape index (κ2) is 3.69. The number of nitrogens with zero attached hydrogens (tertiary/aromatic N) is 1. The van der Waals surface area contributed by atoms with Crippen molar-refractivity contribution in [2.75, 3.05) is 6.61 Å². The molecule has 3 heteroatoms. The molecule has 1 atom stereocenters. The van der Waals surface area contributed by atoms with Crippen LogP contribution in [0.3, 0.4) is 0 Å². The van der Waals surface area contributed by atoms with Crippen LogP contribution in [0.25, 0.3) is 11.3 Å². The molecule has 1 aliphatic carbocycles. The van der Waals surface area contributed by atoms with E-state index in [2.05, 4.69) is 30.1 Å². The summed E-state index contributed by atoms with van der Waals surface area (Å²) in [5.74, 6) is 0. The summed E-state index contributed by atoms with van der Waals surface area (Å²) in [6.45, 7) is 4.55. The monoisotopic (exact) mass is 242 g/mol. The van der Waals surface area contributed by atoms with Gasteiger partial charge < -0.3 is 5.11 Å².